The van der Waals surface area contributed by atoms with Crippen LogP contribution in [0.15, 0.2) is 67.0 Å². The minimum Gasteiger partial charge on any atom is -0.481 e. The summed E-state index contributed by atoms with van der Waals surface area (Å²) >= 11 is 0. The van der Waals surface area contributed by atoms with Crippen molar-refractivity contribution in [2.45, 2.75) is 18.4 Å². The van der Waals surface area contributed by atoms with Crippen molar-refractivity contribution < 1.29 is 23.8 Å². The molecule has 1 atom stereocenters. The highest BCUT2D eigenvalue weighted by molar-refractivity contribution is 5.79. The molecule has 0 saturated heterocycles. The molecule has 3 aromatic rings. The monoisotopic (exact) mass is 406 g/mol. The number of nitrogens with zero attached hydrogens (tertiary/aromatic N) is 1. The number of amides is 1. The van der Waals surface area contributed by atoms with Gasteiger partial charge in [-0.05, 0) is 28.3 Å². The number of carbonyl (C=O) groups is 2. The Balaban J connectivity index is 1.49. The van der Waals surface area contributed by atoms with Gasteiger partial charge in [0.1, 0.15) is 12.4 Å². The van der Waals surface area contributed by atoms with Crippen molar-refractivity contribution in [3.63, 3.8) is 0 Å². The van der Waals surface area contributed by atoms with Crippen LogP contribution in [-0.2, 0) is 9.53 Å². The van der Waals surface area contributed by atoms with E-state index in [0.717, 1.165) is 28.5 Å². The number of aromatic nitrogens is 1. The molecule has 2 aromatic carbocycles. The molecule has 0 bridgehead atoms. The number of halogens is 1. The largest absolute Gasteiger partial charge is 0.481 e. The number of benzene rings is 2. The van der Waals surface area contributed by atoms with Gasteiger partial charge in [-0.3, -0.25) is 9.78 Å². The first-order valence-corrected chi connectivity index (χ1v) is 9.47. The summed E-state index contributed by atoms with van der Waals surface area (Å²) in [5, 5.41) is 11.6. The van der Waals surface area contributed by atoms with E-state index >= 15 is 0 Å². The number of ether oxygens (including phenoxy) is 1. The quantitative estimate of drug-likeness (QED) is 0.638. The highest BCUT2D eigenvalue weighted by atomic mass is 19.1. The Kier molecular flexibility index (Phi) is 5.43. The summed E-state index contributed by atoms with van der Waals surface area (Å²) in [4.78, 5) is 27.3. The molecule has 1 heterocycles. The zero-order valence-corrected chi connectivity index (χ0v) is 15.9. The second kappa shape index (κ2) is 8.32. The highest BCUT2D eigenvalue weighted by Gasteiger charge is 2.29. The molecule has 7 heteroatoms. The van der Waals surface area contributed by atoms with Crippen LogP contribution in [0.2, 0.25) is 0 Å². The van der Waals surface area contributed by atoms with Gasteiger partial charge in [0, 0.05) is 17.7 Å². The number of hydrogen-bond donors (Lipinski definition) is 2. The van der Waals surface area contributed by atoms with Gasteiger partial charge in [-0.15, -0.1) is 0 Å². The average Bonchev–Trinajstić information content (AvgIpc) is 3.06. The number of aliphatic carboxylic acids is 1. The summed E-state index contributed by atoms with van der Waals surface area (Å²) in [6.07, 6.45) is 1.03. The first kappa shape index (κ1) is 19.6. The van der Waals surface area contributed by atoms with Crippen LogP contribution in [0.4, 0.5) is 9.18 Å². The number of nitrogens with one attached hydrogen (secondary N) is 1. The Hall–Kier alpha value is -3.74. The summed E-state index contributed by atoms with van der Waals surface area (Å²) in [5.74, 6) is -1.99. The topological polar surface area (TPSA) is 88.5 Å². The summed E-state index contributed by atoms with van der Waals surface area (Å²) < 4.78 is 19.5. The van der Waals surface area contributed by atoms with Gasteiger partial charge < -0.3 is 15.2 Å². The Morgan fingerprint density at radius 2 is 1.70 bits per heavy atom. The second-order valence-electron chi connectivity index (χ2n) is 7.02. The lowest BCUT2D eigenvalue weighted by atomic mass is 9.98. The minimum absolute atomic E-state index is 0.0425. The summed E-state index contributed by atoms with van der Waals surface area (Å²) in [6, 6.07) is 16.1. The van der Waals surface area contributed by atoms with E-state index in [1.165, 1.54) is 12.3 Å². The molecule has 0 fully saturated rings. The summed E-state index contributed by atoms with van der Waals surface area (Å²) in [6.45, 7) is 0.0818. The normalized spacial score (nSPS) is 13.2. The minimum atomic E-state index is -1.17. The number of carboxylic acids is 1. The highest BCUT2D eigenvalue weighted by Crippen LogP contribution is 2.44. The van der Waals surface area contributed by atoms with E-state index in [2.05, 4.69) is 10.3 Å². The molecule has 0 unspecified atom stereocenters. The number of carboxylic acid groups (broad SMARTS) is 1. The maximum atomic E-state index is 14.1. The van der Waals surface area contributed by atoms with Crippen LogP contribution < -0.4 is 5.32 Å². The molecule has 1 aromatic heterocycles. The van der Waals surface area contributed by atoms with E-state index in [-0.39, 0.29) is 18.1 Å². The van der Waals surface area contributed by atoms with Gasteiger partial charge >= 0.3 is 12.1 Å². The SMILES string of the molecule is O=C(O)C[C@H](NC(=O)OCC1c2ccccc2-c2ccccc21)c1ccncc1F. The van der Waals surface area contributed by atoms with Crippen LogP contribution in [0.25, 0.3) is 11.1 Å². The van der Waals surface area contributed by atoms with Gasteiger partial charge in [0.2, 0.25) is 0 Å². The molecule has 30 heavy (non-hydrogen) atoms. The van der Waals surface area contributed by atoms with Gasteiger partial charge in [-0.1, -0.05) is 48.5 Å². The number of fused-ring (bicyclic) bond motifs is 3. The smallest absolute Gasteiger partial charge is 0.407 e. The number of alkyl carbamates (subject to hydrolysis) is 1. The number of hydrogen-bond acceptors (Lipinski definition) is 4. The third kappa shape index (κ3) is 3.87. The lowest BCUT2D eigenvalue weighted by Crippen LogP contribution is -2.32. The van der Waals surface area contributed by atoms with Crippen molar-refractivity contribution in [2.24, 2.45) is 0 Å². The maximum Gasteiger partial charge on any atom is 0.407 e. The van der Waals surface area contributed by atoms with Crippen molar-refractivity contribution in [3.05, 3.63) is 89.5 Å². The fraction of sp³-hybridized carbons (Fsp3) is 0.174. The molecule has 4 rings (SSSR count). The molecule has 0 spiro atoms. The molecule has 1 aliphatic carbocycles. The number of rotatable bonds is 6. The Morgan fingerprint density at radius 1 is 1.07 bits per heavy atom. The van der Waals surface area contributed by atoms with E-state index in [4.69, 9.17) is 9.84 Å². The molecule has 0 aliphatic heterocycles. The molecule has 0 radical (unpaired) electrons. The lowest BCUT2D eigenvalue weighted by Gasteiger charge is -2.19. The van der Waals surface area contributed by atoms with Crippen LogP contribution in [0.5, 0.6) is 0 Å². The van der Waals surface area contributed by atoms with Gasteiger partial charge in [0.25, 0.3) is 0 Å². The standard InChI is InChI=1S/C23H19FN2O4/c24-20-12-25-10-9-18(20)21(11-22(27)28)26-23(29)30-13-19-16-7-3-1-5-14(16)15-6-2-4-8-17(15)19/h1-10,12,19,21H,11,13H2,(H,26,29)(H,27,28)/t21-/m0/s1. The fourth-order valence-corrected chi connectivity index (χ4v) is 3.86. The van der Waals surface area contributed by atoms with E-state index in [1.807, 2.05) is 48.5 Å². The number of pyridine rings is 1. The maximum absolute atomic E-state index is 14.1. The second-order valence-corrected chi connectivity index (χ2v) is 7.02. The van der Waals surface area contributed by atoms with Gasteiger partial charge in [0.15, 0.2) is 0 Å². The van der Waals surface area contributed by atoms with Gasteiger partial charge in [0.05, 0.1) is 18.7 Å². The van der Waals surface area contributed by atoms with Crippen LogP contribution in [0, 0.1) is 5.82 Å². The molecule has 152 valence electrons. The van der Waals surface area contributed by atoms with E-state index in [9.17, 15) is 14.0 Å². The van der Waals surface area contributed by atoms with E-state index < -0.39 is 30.3 Å². The molecule has 0 saturated carbocycles. The zero-order chi connectivity index (χ0) is 21.1. The lowest BCUT2D eigenvalue weighted by molar-refractivity contribution is -0.137. The van der Waals surface area contributed by atoms with Crippen molar-refractivity contribution >= 4 is 12.1 Å². The summed E-state index contributed by atoms with van der Waals surface area (Å²) in [5.41, 5.74) is 4.37. The van der Waals surface area contributed by atoms with E-state index in [0.29, 0.717) is 0 Å². The Morgan fingerprint density at radius 3 is 2.30 bits per heavy atom. The zero-order valence-electron chi connectivity index (χ0n) is 15.9. The fourth-order valence-electron chi connectivity index (χ4n) is 3.86. The average molecular weight is 406 g/mol. The molecular formula is C23H19FN2O4. The molecule has 1 aliphatic rings. The molecule has 6 nitrogen and oxygen atoms in total. The number of carbonyl (C=O) groups excluding carboxylic acids is 1. The van der Waals surface area contributed by atoms with Gasteiger partial charge in [-0.2, -0.15) is 0 Å². The molecule has 1 amide bonds. The van der Waals surface area contributed by atoms with Crippen LogP contribution in [0.3, 0.4) is 0 Å². The van der Waals surface area contributed by atoms with Gasteiger partial charge in [-0.25, -0.2) is 9.18 Å². The van der Waals surface area contributed by atoms with Crippen LogP contribution >= 0.6 is 0 Å². The van der Waals surface area contributed by atoms with Crippen molar-refractivity contribution in [1.29, 1.82) is 0 Å². The van der Waals surface area contributed by atoms with Crippen LogP contribution in [0.1, 0.15) is 35.1 Å². The first-order valence-electron chi connectivity index (χ1n) is 9.47. The molecular weight excluding hydrogens is 387 g/mol. The van der Waals surface area contributed by atoms with E-state index in [1.54, 1.807) is 0 Å². The van der Waals surface area contributed by atoms with Crippen molar-refractivity contribution in [3.8, 4) is 11.1 Å². The first-order chi connectivity index (χ1) is 14.5. The van der Waals surface area contributed by atoms with Crippen molar-refractivity contribution in [1.82, 2.24) is 10.3 Å². The Labute approximate surface area is 172 Å². The predicted octanol–water partition coefficient (Wildman–Crippen LogP) is 4.28. The molecule has 2 N–H and O–H groups in total. The summed E-state index contributed by atoms with van der Waals surface area (Å²) in [7, 11) is 0. The van der Waals surface area contributed by atoms with Crippen LogP contribution in [-0.4, -0.2) is 28.8 Å². The predicted molar refractivity (Wildman–Crippen MR) is 107 cm³/mol. The van der Waals surface area contributed by atoms with Crippen molar-refractivity contribution in [2.75, 3.05) is 6.61 Å². The third-order valence-corrected chi connectivity index (χ3v) is 5.19. The Bertz CT molecular complexity index is 1060. The third-order valence-electron chi connectivity index (χ3n) is 5.19.